The van der Waals surface area contributed by atoms with Crippen LogP contribution in [0.25, 0.3) is 0 Å². The Morgan fingerprint density at radius 3 is 2.21 bits per heavy atom. The van der Waals surface area contributed by atoms with Crippen LogP contribution in [0.4, 0.5) is 0 Å². The van der Waals surface area contributed by atoms with E-state index in [2.05, 4.69) is 29.0 Å². The molecule has 1 heterocycles. The summed E-state index contributed by atoms with van der Waals surface area (Å²) >= 11 is 1.61. The summed E-state index contributed by atoms with van der Waals surface area (Å²) in [5, 5.41) is 0.812. The van der Waals surface area contributed by atoms with Gasteiger partial charge in [0.1, 0.15) is 0 Å². The molecule has 0 radical (unpaired) electrons. The molecule has 2 aromatic rings. The standard InChI is InChI=1S/C15H19N3S/c1-10-11(2)17-15(18-12(10)3)19-9-14(16)13-7-5-4-6-8-13/h4-8,14H,9,16H2,1-3H3. The van der Waals surface area contributed by atoms with Crippen molar-refractivity contribution >= 4 is 11.8 Å². The van der Waals surface area contributed by atoms with Gasteiger partial charge in [0, 0.05) is 23.2 Å². The maximum Gasteiger partial charge on any atom is 0.188 e. The number of thioether (sulfide) groups is 1. The zero-order valence-corrected chi connectivity index (χ0v) is 12.4. The van der Waals surface area contributed by atoms with Crippen molar-refractivity contribution in [1.29, 1.82) is 0 Å². The highest BCUT2D eigenvalue weighted by Crippen LogP contribution is 2.22. The molecular formula is C15H19N3S. The summed E-state index contributed by atoms with van der Waals surface area (Å²) in [5.74, 6) is 0.784. The number of hydrogen-bond acceptors (Lipinski definition) is 4. The quantitative estimate of drug-likeness (QED) is 0.686. The normalized spacial score (nSPS) is 12.4. The summed E-state index contributed by atoms with van der Waals surface area (Å²) < 4.78 is 0. The summed E-state index contributed by atoms with van der Waals surface area (Å²) in [5.41, 5.74) is 10.6. The lowest BCUT2D eigenvalue weighted by molar-refractivity contribution is 0.821. The van der Waals surface area contributed by atoms with E-state index in [0.717, 1.165) is 33.4 Å². The van der Waals surface area contributed by atoms with Crippen molar-refractivity contribution in [3.8, 4) is 0 Å². The maximum atomic E-state index is 6.17. The van der Waals surface area contributed by atoms with Crippen LogP contribution < -0.4 is 5.73 Å². The number of nitrogens with zero attached hydrogens (tertiary/aromatic N) is 2. The van der Waals surface area contributed by atoms with Gasteiger partial charge in [-0.15, -0.1) is 0 Å². The molecule has 0 spiro atoms. The molecule has 0 bridgehead atoms. The molecular weight excluding hydrogens is 254 g/mol. The third kappa shape index (κ3) is 3.55. The number of nitrogens with two attached hydrogens (primary N) is 1. The van der Waals surface area contributed by atoms with Crippen molar-refractivity contribution in [2.45, 2.75) is 32.0 Å². The zero-order chi connectivity index (χ0) is 13.8. The molecule has 0 saturated heterocycles. The molecule has 2 rings (SSSR count). The lowest BCUT2D eigenvalue weighted by Gasteiger charge is -2.12. The average Bonchev–Trinajstić information content (AvgIpc) is 2.43. The van der Waals surface area contributed by atoms with Gasteiger partial charge in [-0.3, -0.25) is 0 Å². The van der Waals surface area contributed by atoms with Crippen LogP contribution >= 0.6 is 11.8 Å². The first-order valence-electron chi connectivity index (χ1n) is 6.33. The van der Waals surface area contributed by atoms with Crippen molar-refractivity contribution in [2.75, 3.05) is 5.75 Å². The number of rotatable bonds is 4. The van der Waals surface area contributed by atoms with E-state index >= 15 is 0 Å². The summed E-state index contributed by atoms with van der Waals surface area (Å²) in [4.78, 5) is 8.99. The van der Waals surface area contributed by atoms with E-state index in [1.54, 1.807) is 11.8 Å². The van der Waals surface area contributed by atoms with Crippen molar-refractivity contribution < 1.29 is 0 Å². The van der Waals surface area contributed by atoms with Gasteiger partial charge in [0.25, 0.3) is 0 Å². The first kappa shape index (κ1) is 14.0. The number of aryl methyl sites for hydroxylation is 2. The molecule has 1 aromatic carbocycles. The van der Waals surface area contributed by atoms with Gasteiger partial charge in [0.2, 0.25) is 0 Å². The second kappa shape index (κ2) is 6.17. The first-order chi connectivity index (χ1) is 9.08. The van der Waals surface area contributed by atoms with Crippen LogP contribution in [0.15, 0.2) is 35.5 Å². The zero-order valence-electron chi connectivity index (χ0n) is 11.6. The predicted octanol–water partition coefficient (Wildman–Crippen LogP) is 3.19. The minimum absolute atomic E-state index is 0.0108. The molecule has 0 amide bonds. The van der Waals surface area contributed by atoms with E-state index in [1.807, 2.05) is 32.0 Å². The van der Waals surface area contributed by atoms with Gasteiger partial charge in [0.15, 0.2) is 5.16 Å². The predicted molar refractivity (Wildman–Crippen MR) is 80.3 cm³/mol. The van der Waals surface area contributed by atoms with Crippen molar-refractivity contribution in [1.82, 2.24) is 9.97 Å². The van der Waals surface area contributed by atoms with Gasteiger partial charge >= 0.3 is 0 Å². The van der Waals surface area contributed by atoms with Gasteiger partial charge in [0.05, 0.1) is 0 Å². The second-order valence-electron chi connectivity index (χ2n) is 4.63. The van der Waals surface area contributed by atoms with E-state index in [1.165, 1.54) is 0 Å². The molecule has 1 atom stereocenters. The summed E-state index contributed by atoms with van der Waals surface area (Å²) in [6, 6.07) is 10.1. The van der Waals surface area contributed by atoms with Crippen LogP contribution in [-0.2, 0) is 0 Å². The highest BCUT2D eigenvalue weighted by Gasteiger charge is 2.09. The fourth-order valence-corrected chi connectivity index (χ4v) is 2.69. The Balaban J connectivity index is 2.03. The van der Waals surface area contributed by atoms with Gasteiger partial charge in [-0.1, -0.05) is 42.1 Å². The van der Waals surface area contributed by atoms with Crippen molar-refractivity contribution in [2.24, 2.45) is 5.73 Å². The van der Waals surface area contributed by atoms with Crippen LogP contribution in [0, 0.1) is 20.8 Å². The lowest BCUT2D eigenvalue weighted by atomic mass is 10.1. The van der Waals surface area contributed by atoms with Crippen LogP contribution in [-0.4, -0.2) is 15.7 Å². The van der Waals surface area contributed by atoms with Gasteiger partial charge in [-0.05, 0) is 31.9 Å². The summed E-state index contributed by atoms with van der Waals surface area (Å²) in [7, 11) is 0. The van der Waals surface area contributed by atoms with Gasteiger partial charge in [-0.25, -0.2) is 9.97 Å². The monoisotopic (exact) mass is 273 g/mol. The van der Waals surface area contributed by atoms with E-state index in [4.69, 9.17) is 5.73 Å². The number of hydrogen-bond donors (Lipinski definition) is 1. The third-order valence-electron chi connectivity index (χ3n) is 3.23. The Morgan fingerprint density at radius 2 is 1.63 bits per heavy atom. The average molecular weight is 273 g/mol. The molecule has 0 fully saturated rings. The molecule has 0 aliphatic rings. The first-order valence-corrected chi connectivity index (χ1v) is 7.31. The SMILES string of the molecule is Cc1nc(SCC(N)c2ccccc2)nc(C)c1C. The van der Waals surface area contributed by atoms with Gasteiger partial charge in [-0.2, -0.15) is 0 Å². The van der Waals surface area contributed by atoms with Crippen molar-refractivity contribution in [3.05, 3.63) is 52.8 Å². The highest BCUT2D eigenvalue weighted by molar-refractivity contribution is 7.99. The minimum atomic E-state index is 0.0108. The number of aromatic nitrogens is 2. The van der Waals surface area contributed by atoms with Crippen molar-refractivity contribution in [3.63, 3.8) is 0 Å². The summed E-state index contributed by atoms with van der Waals surface area (Å²) in [6.07, 6.45) is 0. The smallest absolute Gasteiger partial charge is 0.188 e. The molecule has 0 aliphatic heterocycles. The Morgan fingerprint density at radius 1 is 1.05 bits per heavy atom. The fourth-order valence-electron chi connectivity index (χ4n) is 1.77. The minimum Gasteiger partial charge on any atom is -0.323 e. The second-order valence-corrected chi connectivity index (χ2v) is 5.62. The van der Waals surface area contributed by atoms with E-state index in [-0.39, 0.29) is 6.04 Å². The topological polar surface area (TPSA) is 51.8 Å². The number of benzene rings is 1. The summed E-state index contributed by atoms with van der Waals surface area (Å²) in [6.45, 7) is 6.09. The molecule has 2 N–H and O–H groups in total. The molecule has 1 aromatic heterocycles. The molecule has 19 heavy (non-hydrogen) atoms. The molecule has 0 aliphatic carbocycles. The van der Waals surface area contributed by atoms with Crippen LogP contribution in [0.2, 0.25) is 0 Å². The molecule has 3 nitrogen and oxygen atoms in total. The molecule has 0 saturated carbocycles. The van der Waals surface area contributed by atoms with Gasteiger partial charge < -0.3 is 5.73 Å². The molecule has 4 heteroatoms. The fraction of sp³-hybridized carbons (Fsp3) is 0.333. The maximum absolute atomic E-state index is 6.17. The van der Waals surface area contributed by atoms with E-state index < -0.39 is 0 Å². The largest absolute Gasteiger partial charge is 0.323 e. The Kier molecular flexibility index (Phi) is 4.56. The Hall–Kier alpha value is -1.39. The Labute approximate surface area is 118 Å². The van der Waals surface area contributed by atoms with E-state index in [0.29, 0.717) is 0 Å². The Bertz CT molecular complexity index is 532. The van der Waals surface area contributed by atoms with Crippen LogP contribution in [0.3, 0.4) is 0 Å². The van der Waals surface area contributed by atoms with E-state index in [9.17, 15) is 0 Å². The van der Waals surface area contributed by atoms with Crippen LogP contribution in [0.5, 0.6) is 0 Å². The van der Waals surface area contributed by atoms with Crippen LogP contribution in [0.1, 0.15) is 28.6 Å². The highest BCUT2D eigenvalue weighted by atomic mass is 32.2. The lowest BCUT2D eigenvalue weighted by Crippen LogP contribution is -2.13. The third-order valence-corrected chi connectivity index (χ3v) is 4.20. The molecule has 100 valence electrons. The molecule has 1 unspecified atom stereocenters.